The molecule has 0 aromatic carbocycles. The fourth-order valence-corrected chi connectivity index (χ4v) is 2.64. The Morgan fingerprint density at radius 3 is 2.82 bits per heavy atom. The summed E-state index contributed by atoms with van der Waals surface area (Å²) in [7, 11) is 2.10. The maximum Gasteiger partial charge on any atom is 0.118 e. The molecule has 0 aliphatic carbocycles. The third-order valence-corrected chi connectivity index (χ3v) is 3.58. The van der Waals surface area contributed by atoms with Gasteiger partial charge in [-0.2, -0.15) is 0 Å². The number of rotatable bonds is 5. The van der Waals surface area contributed by atoms with Crippen LogP contribution in [0.2, 0.25) is 0 Å². The van der Waals surface area contributed by atoms with Crippen LogP contribution in [0.4, 0.5) is 0 Å². The second-order valence-corrected chi connectivity index (χ2v) is 5.28. The topological polar surface area (TPSA) is 42.4 Å². The van der Waals surface area contributed by atoms with Gasteiger partial charge < -0.3 is 10.2 Å². The van der Waals surface area contributed by atoms with Crippen LogP contribution < -0.4 is 5.73 Å². The Bertz CT molecular complexity index is 462. The summed E-state index contributed by atoms with van der Waals surface area (Å²) in [6, 6.07) is 6.29. The Hall–Kier alpha value is -1.10. The third kappa shape index (κ3) is 3.19. The number of hydrogen-bond acceptors (Lipinski definition) is 4. The summed E-state index contributed by atoms with van der Waals surface area (Å²) in [5, 5.41) is 2.10. The molecule has 2 rings (SSSR count). The molecule has 92 valence electrons. The van der Waals surface area contributed by atoms with E-state index in [0.29, 0.717) is 6.54 Å². The molecule has 2 N–H and O–H groups in total. The van der Waals surface area contributed by atoms with Gasteiger partial charge in [0.2, 0.25) is 0 Å². The highest BCUT2D eigenvalue weighted by atomic mass is 32.1. The van der Waals surface area contributed by atoms with Gasteiger partial charge in [0.05, 0.1) is 6.54 Å². The van der Waals surface area contributed by atoms with Crippen LogP contribution in [-0.2, 0) is 19.6 Å². The van der Waals surface area contributed by atoms with E-state index in [-0.39, 0.29) is 0 Å². The summed E-state index contributed by atoms with van der Waals surface area (Å²) in [5.74, 6) is 1.93. The number of thiophene rings is 1. The lowest BCUT2D eigenvalue weighted by Gasteiger charge is -2.13. The van der Waals surface area contributed by atoms with Gasteiger partial charge >= 0.3 is 0 Å². The molecule has 0 spiro atoms. The van der Waals surface area contributed by atoms with E-state index in [1.165, 1.54) is 4.88 Å². The Morgan fingerprint density at radius 2 is 2.24 bits per heavy atom. The zero-order valence-corrected chi connectivity index (χ0v) is 11.1. The first-order valence-corrected chi connectivity index (χ1v) is 6.56. The number of hydrogen-bond donors (Lipinski definition) is 1. The first-order valence-electron chi connectivity index (χ1n) is 5.68. The molecule has 17 heavy (non-hydrogen) atoms. The third-order valence-electron chi connectivity index (χ3n) is 2.72. The molecule has 0 saturated heterocycles. The van der Waals surface area contributed by atoms with Crippen molar-refractivity contribution in [3.05, 3.63) is 45.5 Å². The number of nitrogens with zero attached hydrogens (tertiary/aromatic N) is 1. The average molecular weight is 250 g/mol. The van der Waals surface area contributed by atoms with Crippen molar-refractivity contribution in [2.24, 2.45) is 5.73 Å². The van der Waals surface area contributed by atoms with E-state index >= 15 is 0 Å². The molecule has 0 fully saturated rings. The largest absolute Gasteiger partial charge is 0.465 e. The predicted molar refractivity (Wildman–Crippen MR) is 70.8 cm³/mol. The number of nitrogens with two attached hydrogens (primary N) is 1. The molecule has 0 radical (unpaired) electrons. The van der Waals surface area contributed by atoms with E-state index in [2.05, 4.69) is 35.5 Å². The highest BCUT2D eigenvalue weighted by molar-refractivity contribution is 7.09. The molecular weight excluding hydrogens is 232 g/mol. The molecular formula is C13H18N2OS. The fourth-order valence-electron chi connectivity index (χ4n) is 1.86. The van der Waals surface area contributed by atoms with Gasteiger partial charge in [0.15, 0.2) is 0 Å². The normalized spacial score (nSPS) is 11.3. The first kappa shape index (κ1) is 12.4. The maximum absolute atomic E-state index is 5.68. The highest BCUT2D eigenvalue weighted by Gasteiger charge is 2.09. The second-order valence-electron chi connectivity index (χ2n) is 4.25. The monoisotopic (exact) mass is 250 g/mol. The summed E-state index contributed by atoms with van der Waals surface area (Å²) < 4.78 is 5.68. The average Bonchev–Trinajstić information content (AvgIpc) is 2.88. The smallest absolute Gasteiger partial charge is 0.118 e. The van der Waals surface area contributed by atoms with Gasteiger partial charge in [0.25, 0.3) is 0 Å². The molecule has 0 aliphatic rings. The SMILES string of the molecule is Cc1oc(CN(C)Cc2cccs2)cc1CN. The molecule has 4 heteroatoms. The van der Waals surface area contributed by atoms with Crippen LogP contribution in [0.25, 0.3) is 0 Å². The van der Waals surface area contributed by atoms with Crippen molar-refractivity contribution in [1.29, 1.82) is 0 Å². The molecule has 0 bridgehead atoms. The molecule has 0 atom stereocenters. The highest BCUT2D eigenvalue weighted by Crippen LogP contribution is 2.17. The van der Waals surface area contributed by atoms with Crippen LogP contribution in [0.3, 0.4) is 0 Å². The van der Waals surface area contributed by atoms with Gasteiger partial charge in [-0.3, -0.25) is 4.90 Å². The lowest BCUT2D eigenvalue weighted by molar-refractivity contribution is 0.287. The zero-order chi connectivity index (χ0) is 12.3. The maximum atomic E-state index is 5.68. The quantitative estimate of drug-likeness (QED) is 0.887. The number of aryl methyl sites for hydroxylation is 1. The van der Waals surface area contributed by atoms with Crippen molar-refractivity contribution in [2.45, 2.75) is 26.6 Å². The zero-order valence-electron chi connectivity index (χ0n) is 10.3. The lowest BCUT2D eigenvalue weighted by Crippen LogP contribution is -2.16. The standard InChI is InChI=1S/C13H18N2OS/c1-10-11(7-14)6-12(16-10)8-15(2)9-13-4-3-5-17-13/h3-6H,7-9,14H2,1-2H3. The van der Waals surface area contributed by atoms with E-state index in [1.54, 1.807) is 11.3 Å². The second kappa shape index (κ2) is 5.49. The van der Waals surface area contributed by atoms with Crippen molar-refractivity contribution in [3.63, 3.8) is 0 Å². The Kier molecular flexibility index (Phi) is 3.99. The van der Waals surface area contributed by atoms with Crippen molar-refractivity contribution in [1.82, 2.24) is 4.90 Å². The van der Waals surface area contributed by atoms with Crippen LogP contribution in [0, 0.1) is 6.92 Å². The van der Waals surface area contributed by atoms with Gasteiger partial charge in [-0.1, -0.05) is 6.07 Å². The Labute approximate surface area is 106 Å². The van der Waals surface area contributed by atoms with E-state index in [1.807, 2.05) is 6.92 Å². The van der Waals surface area contributed by atoms with Crippen LogP contribution in [0.5, 0.6) is 0 Å². The van der Waals surface area contributed by atoms with Crippen LogP contribution in [0.1, 0.15) is 22.0 Å². The van der Waals surface area contributed by atoms with Crippen molar-refractivity contribution < 1.29 is 4.42 Å². The van der Waals surface area contributed by atoms with E-state index < -0.39 is 0 Å². The molecule has 3 nitrogen and oxygen atoms in total. The predicted octanol–water partition coefficient (Wildman–Crippen LogP) is 2.74. The van der Waals surface area contributed by atoms with E-state index in [4.69, 9.17) is 10.2 Å². The van der Waals surface area contributed by atoms with Crippen molar-refractivity contribution in [2.75, 3.05) is 7.05 Å². The summed E-state index contributed by atoms with van der Waals surface area (Å²) in [6.45, 7) is 4.28. The minimum Gasteiger partial charge on any atom is -0.465 e. The molecule has 0 saturated carbocycles. The van der Waals surface area contributed by atoms with Crippen LogP contribution in [0.15, 0.2) is 28.0 Å². The van der Waals surface area contributed by atoms with Gasteiger partial charge in [0, 0.05) is 23.5 Å². The molecule has 0 aliphatic heterocycles. The van der Waals surface area contributed by atoms with Gasteiger partial charge in [-0.05, 0) is 31.5 Å². The Balaban J connectivity index is 1.95. The van der Waals surface area contributed by atoms with Crippen molar-refractivity contribution >= 4 is 11.3 Å². The van der Waals surface area contributed by atoms with E-state index in [0.717, 1.165) is 30.2 Å². The summed E-state index contributed by atoms with van der Waals surface area (Å²) >= 11 is 1.78. The summed E-state index contributed by atoms with van der Waals surface area (Å²) in [6.07, 6.45) is 0. The van der Waals surface area contributed by atoms with E-state index in [9.17, 15) is 0 Å². The fraction of sp³-hybridized carbons (Fsp3) is 0.385. The molecule has 2 aromatic rings. The minimum atomic E-state index is 0.546. The van der Waals surface area contributed by atoms with Gasteiger partial charge in [-0.25, -0.2) is 0 Å². The minimum absolute atomic E-state index is 0.546. The summed E-state index contributed by atoms with van der Waals surface area (Å²) in [5.41, 5.74) is 6.73. The van der Waals surface area contributed by atoms with Crippen LogP contribution >= 0.6 is 11.3 Å². The molecule has 2 heterocycles. The molecule has 2 aromatic heterocycles. The Morgan fingerprint density at radius 1 is 1.41 bits per heavy atom. The number of furan rings is 1. The lowest BCUT2D eigenvalue weighted by atomic mass is 10.2. The molecule has 0 unspecified atom stereocenters. The van der Waals surface area contributed by atoms with Crippen LogP contribution in [-0.4, -0.2) is 11.9 Å². The molecule has 0 amide bonds. The first-order chi connectivity index (χ1) is 8.19. The summed E-state index contributed by atoms with van der Waals surface area (Å²) in [4.78, 5) is 3.61. The van der Waals surface area contributed by atoms with Crippen molar-refractivity contribution in [3.8, 4) is 0 Å². The van der Waals surface area contributed by atoms with Gasteiger partial charge in [-0.15, -0.1) is 11.3 Å². The van der Waals surface area contributed by atoms with Gasteiger partial charge in [0.1, 0.15) is 11.5 Å².